The minimum absolute atomic E-state index is 0.0488. The second-order valence-electron chi connectivity index (χ2n) is 13.8. The summed E-state index contributed by atoms with van der Waals surface area (Å²) in [5.74, 6) is -1.73. The van der Waals surface area contributed by atoms with E-state index in [2.05, 4.69) is 20.4 Å². The maximum Gasteiger partial charge on any atom is 0.311 e. The van der Waals surface area contributed by atoms with Gasteiger partial charge in [0, 0.05) is 37.3 Å². The van der Waals surface area contributed by atoms with Crippen LogP contribution in [0.1, 0.15) is 103 Å². The Kier molecular flexibility index (Phi) is 10.6. The lowest BCUT2D eigenvalue weighted by Crippen LogP contribution is -2.50. The number of likely N-dealkylation sites (tertiary alicyclic amines) is 1. The van der Waals surface area contributed by atoms with Crippen molar-refractivity contribution in [1.82, 2.24) is 19.4 Å². The maximum absolute atomic E-state index is 14.2. The highest BCUT2D eigenvalue weighted by molar-refractivity contribution is 5.83. The van der Waals surface area contributed by atoms with Gasteiger partial charge in [-0.15, -0.1) is 0 Å². The molecule has 5 atom stereocenters. The fraction of sp³-hybridized carbons (Fsp3) is 0.722. The normalized spacial score (nSPS) is 28.2. The van der Waals surface area contributed by atoms with Crippen LogP contribution in [-0.2, 0) is 25.5 Å². The van der Waals surface area contributed by atoms with Crippen LogP contribution >= 0.6 is 0 Å². The van der Waals surface area contributed by atoms with Gasteiger partial charge in [-0.2, -0.15) is 0 Å². The van der Waals surface area contributed by atoms with Crippen LogP contribution in [-0.4, -0.2) is 82.3 Å². The number of para-hydroxylation sites is 2. The quantitative estimate of drug-likeness (QED) is 0.331. The Morgan fingerprint density at radius 3 is 2.02 bits per heavy atom. The Morgan fingerprint density at radius 2 is 1.40 bits per heavy atom. The van der Waals surface area contributed by atoms with Crippen LogP contribution in [0, 0.1) is 11.8 Å². The Hall–Kier alpha value is -2.78. The number of benzene rings is 1. The summed E-state index contributed by atoms with van der Waals surface area (Å²) in [4.78, 5) is 49.4. The first-order chi connectivity index (χ1) is 22.0. The molecule has 1 saturated carbocycles. The third kappa shape index (κ3) is 6.99. The first-order valence-corrected chi connectivity index (χ1v) is 17.8. The number of carbonyl (C=O) groups excluding carboxylic acids is 2. The van der Waals surface area contributed by atoms with Crippen molar-refractivity contribution in [2.45, 2.75) is 121 Å². The monoisotopic (exact) mass is 620 g/mol. The fourth-order valence-electron chi connectivity index (χ4n) is 8.97. The van der Waals surface area contributed by atoms with E-state index < -0.39 is 11.8 Å². The van der Waals surface area contributed by atoms with E-state index in [1.165, 1.54) is 57.8 Å². The number of nitrogens with zero attached hydrogens (tertiary/aromatic N) is 4. The lowest BCUT2D eigenvalue weighted by molar-refractivity contribution is -0.157. The van der Waals surface area contributed by atoms with Crippen molar-refractivity contribution >= 4 is 23.0 Å². The van der Waals surface area contributed by atoms with E-state index in [0.29, 0.717) is 49.9 Å². The average Bonchev–Trinajstić information content (AvgIpc) is 3.55. The molecule has 45 heavy (non-hydrogen) atoms. The molecule has 1 unspecified atom stereocenters. The lowest BCUT2D eigenvalue weighted by Gasteiger charge is -2.45. The van der Waals surface area contributed by atoms with Gasteiger partial charge < -0.3 is 18.9 Å². The molecular weight excluding hydrogens is 568 g/mol. The number of ether oxygens (including phenoxy) is 2. The molecule has 9 heteroatoms. The number of aryl methyl sites for hydroxylation is 1. The van der Waals surface area contributed by atoms with E-state index in [1.54, 1.807) is 13.8 Å². The van der Waals surface area contributed by atoms with Crippen LogP contribution in [0.15, 0.2) is 29.1 Å². The molecule has 0 radical (unpaired) electrons. The summed E-state index contributed by atoms with van der Waals surface area (Å²) < 4.78 is 12.6. The van der Waals surface area contributed by atoms with E-state index in [1.807, 2.05) is 18.2 Å². The molecule has 9 nitrogen and oxygen atoms in total. The summed E-state index contributed by atoms with van der Waals surface area (Å²) in [6.07, 6.45) is 15.4. The number of fused-ring (bicyclic) bond motifs is 3. The number of aromatic nitrogens is 2. The third-order valence-corrected chi connectivity index (χ3v) is 11.0. The highest BCUT2D eigenvalue weighted by Gasteiger charge is 2.45. The number of rotatable bonds is 10. The van der Waals surface area contributed by atoms with Crippen molar-refractivity contribution in [3.8, 4) is 0 Å². The Morgan fingerprint density at radius 1 is 0.800 bits per heavy atom. The molecule has 0 amide bonds. The SMILES string of the molecule is CCOC(=O)[C@H]1CN(CCCc2nc3ccccc3n(C3C[C@H]4CC[C@@H](C3)N4C3CCCCCCC3)c2=O)C[C@H]1C(=O)OCC. The zero-order valence-electron chi connectivity index (χ0n) is 27.3. The van der Waals surface area contributed by atoms with E-state index in [0.717, 1.165) is 30.3 Å². The van der Waals surface area contributed by atoms with Crippen LogP contribution in [0.25, 0.3) is 11.0 Å². The molecule has 3 aliphatic heterocycles. The number of hydrogen-bond donors (Lipinski definition) is 0. The number of esters is 2. The van der Waals surface area contributed by atoms with Gasteiger partial charge in [-0.05, 0) is 83.9 Å². The molecule has 2 aromatic rings. The molecule has 1 aliphatic carbocycles. The van der Waals surface area contributed by atoms with Gasteiger partial charge in [-0.1, -0.05) is 44.2 Å². The molecule has 1 aromatic carbocycles. The molecular formula is C36H52N4O5. The van der Waals surface area contributed by atoms with Gasteiger partial charge in [0.05, 0.1) is 36.1 Å². The topological polar surface area (TPSA) is 94.0 Å². The summed E-state index contributed by atoms with van der Waals surface area (Å²) in [5, 5.41) is 0. The first kappa shape index (κ1) is 32.2. The predicted molar refractivity (Wildman–Crippen MR) is 174 cm³/mol. The zero-order chi connectivity index (χ0) is 31.3. The molecule has 246 valence electrons. The van der Waals surface area contributed by atoms with Gasteiger partial charge in [0.25, 0.3) is 5.56 Å². The van der Waals surface area contributed by atoms with Crippen molar-refractivity contribution in [2.24, 2.45) is 11.8 Å². The van der Waals surface area contributed by atoms with Crippen molar-refractivity contribution in [1.29, 1.82) is 0 Å². The predicted octanol–water partition coefficient (Wildman–Crippen LogP) is 5.28. The van der Waals surface area contributed by atoms with Crippen LogP contribution in [0.2, 0.25) is 0 Å². The number of hydrogen-bond acceptors (Lipinski definition) is 8. The Balaban J connectivity index is 1.16. The van der Waals surface area contributed by atoms with Gasteiger partial charge >= 0.3 is 11.9 Å². The number of carbonyl (C=O) groups is 2. The second-order valence-corrected chi connectivity index (χ2v) is 13.8. The van der Waals surface area contributed by atoms with Gasteiger partial charge in [0.1, 0.15) is 5.69 Å². The van der Waals surface area contributed by atoms with Crippen LogP contribution < -0.4 is 5.56 Å². The van der Waals surface area contributed by atoms with Gasteiger partial charge in [-0.25, -0.2) is 4.98 Å². The van der Waals surface area contributed by atoms with Crippen molar-refractivity contribution in [3.63, 3.8) is 0 Å². The maximum atomic E-state index is 14.2. The molecule has 2 bridgehead atoms. The molecule has 4 heterocycles. The largest absolute Gasteiger partial charge is 0.466 e. The standard InChI is InChI=1S/C36H52N4O5/c1-3-44-35(42)29-23-38(24-30(29)36(43)45-4-2)20-12-16-32-34(41)40(33-17-11-10-15-31(33)37-32)28-21-26-18-19-27(22-28)39(26)25-13-8-6-5-7-9-14-25/h10-11,15,17,25-30H,3-9,12-14,16,18-24H2,1-2H3/t26-,27+,28?,29-,30+. The van der Waals surface area contributed by atoms with Crippen LogP contribution in [0.4, 0.5) is 0 Å². The third-order valence-electron chi connectivity index (χ3n) is 11.0. The fourth-order valence-corrected chi connectivity index (χ4v) is 8.97. The molecule has 1 aromatic heterocycles. The van der Waals surface area contributed by atoms with Gasteiger partial charge in [0.15, 0.2) is 0 Å². The summed E-state index contributed by atoms with van der Waals surface area (Å²) in [6, 6.07) is 10.1. The second kappa shape index (κ2) is 14.8. The van der Waals surface area contributed by atoms with Crippen LogP contribution in [0.5, 0.6) is 0 Å². The highest BCUT2D eigenvalue weighted by atomic mass is 16.5. The van der Waals surface area contributed by atoms with Gasteiger partial charge in [0.2, 0.25) is 0 Å². The summed E-state index contributed by atoms with van der Waals surface area (Å²) in [6.45, 7) is 5.71. The van der Waals surface area contributed by atoms with Crippen molar-refractivity contribution in [3.05, 3.63) is 40.3 Å². The van der Waals surface area contributed by atoms with Crippen molar-refractivity contribution < 1.29 is 19.1 Å². The van der Waals surface area contributed by atoms with Crippen molar-refractivity contribution in [2.75, 3.05) is 32.8 Å². The smallest absolute Gasteiger partial charge is 0.311 e. The molecule has 0 N–H and O–H groups in total. The van der Waals surface area contributed by atoms with E-state index >= 15 is 0 Å². The first-order valence-electron chi connectivity index (χ1n) is 17.8. The van der Waals surface area contributed by atoms with E-state index in [9.17, 15) is 14.4 Å². The average molecular weight is 621 g/mol. The highest BCUT2D eigenvalue weighted by Crippen LogP contribution is 2.44. The van der Waals surface area contributed by atoms with E-state index in [-0.39, 0.29) is 36.8 Å². The lowest BCUT2D eigenvalue weighted by atomic mass is 9.89. The molecule has 6 rings (SSSR count). The minimum atomic E-state index is -0.524. The molecule has 3 saturated heterocycles. The molecule has 0 spiro atoms. The van der Waals surface area contributed by atoms with Gasteiger partial charge in [-0.3, -0.25) is 19.3 Å². The molecule has 4 fully saturated rings. The summed E-state index contributed by atoms with van der Waals surface area (Å²) >= 11 is 0. The minimum Gasteiger partial charge on any atom is -0.466 e. The molecule has 4 aliphatic rings. The Bertz CT molecular complexity index is 1350. The summed E-state index contributed by atoms with van der Waals surface area (Å²) in [5.41, 5.74) is 2.50. The summed E-state index contributed by atoms with van der Waals surface area (Å²) in [7, 11) is 0. The Labute approximate surface area is 267 Å². The van der Waals surface area contributed by atoms with E-state index in [4.69, 9.17) is 14.5 Å². The number of piperidine rings is 1. The van der Waals surface area contributed by atoms with Crippen LogP contribution in [0.3, 0.4) is 0 Å². The zero-order valence-corrected chi connectivity index (χ0v) is 27.3.